The molecule has 0 saturated carbocycles. The van der Waals surface area contributed by atoms with Gasteiger partial charge in [0, 0.05) is 29.2 Å². The molecule has 0 spiro atoms. The molecule has 0 radical (unpaired) electrons. The molecule has 0 aliphatic heterocycles. The van der Waals surface area contributed by atoms with Gasteiger partial charge in [-0.3, -0.25) is 9.78 Å². The summed E-state index contributed by atoms with van der Waals surface area (Å²) in [5, 5.41) is 3.10. The molecular formula is C17H15F2N3O. The van der Waals surface area contributed by atoms with Gasteiger partial charge >= 0.3 is 0 Å². The van der Waals surface area contributed by atoms with Crippen molar-refractivity contribution in [1.82, 2.24) is 9.55 Å². The van der Waals surface area contributed by atoms with Gasteiger partial charge in [0.05, 0.1) is 23.6 Å². The summed E-state index contributed by atoms with van der Waals surface area (Å²) in [4.78, 5) is 16.2. The van der Waals surface area contributed by atoms with Crippen molar-refractivity contribution in [2.24, 2.45) is 0 Å². The summed E-state index contributed by atoms with van der Waals surface area (Å²) in [7, 11) is 0. The Morgan fingerprint density at radius 3 is 2.65 bits per heavy atom. The van der Waals surface area contributed by atoms with Crippen molar-refractivity contribution >= 4 is 22.5 Å². The molecule has 3 aromatic rings. The van der Waals surface area contributed by atoms with E-state index in [1.54, 1.807) is 12.3 Å². The minimum atomic E-state index is -0.543. The zero-order chi connectivity index (χ0) is 16.6. The zero-order valence-corrected chi connectivity index (χ0v) is 12.7. The van der Waals surface area contributed by atoms with E-state index in [-0.39, 0.29) is 11.7 Å². The first-order valence-corrected chi connectivity index (χ1v) is 7.17. The van der Waals surface area contributed by atoms with Crippen LogP contribution in [-0.2, 0) is 0 Å². The highest BCUT2D eigenvalue weighted by atomic mass is 19.1. The molecule has 4 nitrogen and oxygen atoms in total. The number of benzene rings is 1. The topological polar surface area (TPSA) is 46.9 Å². The molecule has 118 valence electrons. The van der Waals surface area contributed by atoms with Gasteiger partial charge in [0.15, 0.2) is 0 Å². The lowest BCUT2D eigenvalue weighted by Gasteiger charge is -2.08. The number of hydrogen-bond donors (Lipinski definition) is 1. The first kappa shape index (κ1) is 15.1. The van der Waals surface area contributed by atoms with Crippen LogP contribution in [-0.4, -0.2) is 15.5 Å². The summed E-state index contributed by atoms with van der Waals surface area (Å²) in [5.74, 6) is -1.40. The fraction of sp³-hybridized carbons (Fsp3) is 0.176. The number of anilines is 1. The van der Waals surface area contributed by atoms with Crippen molar-refractivity contribution in [3.8, 4) is 0 Å². The van der Waals surface area contributed by atoms with Crippen molar-refractivity contribution in [3.63, 3.8) is 0 Å². The van der Waals surface area contributed by atoms with E-state index in [9.17, 15) is 13.6 Å². The van der Waals surface area contributed by atoms with Gasteiger partial charge in [-0.2, -0.15) is 0 Å². The van der Waals surface area contributed by atoms with E-state index < -0.39 is 17.5 Å². The molecule has 0 aliphatic carbocycles. The standard InChI is InChI=1S/C17H15F2N3O/c1-10(2)22-9-15(14-6-11(18)3-4-16(14)22)17(23)21-13-5-12(19)7-20-8-13/h3-10H,1-2H3,(H,21,23). The largest absolute Gasteiger partial charge is 0.344 e. The van der Waals surface area contributed by atoms with Crippen LogP contribution in [0.5, 0.6) is 0 Å². The van der Waals surface area contributed by atoms with Crippen LogP contribution < -0.4 is 5.32 Å². The van der Waals surface area contributed by atoms with Gasteiger partial charge in [-0.05, 0) is 32.0 Å². The normalized spacial score (nSPS) is 11.2. The minimum Gasteiger partial charge on any atom is -0.344 e. The number of fused-ring (bicyclic) bond motifs is 1. The monoisotopic (exact) mass is 315 g/mol. The maximum absolute atomic E-state index is 13.6. The van der Waals surface area contributed by atoms with Gasteiger partial charge in [-0.15, -0.1) is 0 Å². The third kappa shape index (κ3) is 2.92. The van der Waals surface area contributed by atoms with Crippen molar-refractivity contribution in [2.75, 3.05) is 5.32 Å². The number of nitrogens with one attached hydrogen (secondary N) is 1. The number of pyridine rings is 1. The molecule has 3 rings (SSSR count). The lowest BCUT2D eigenvalue weighted by atomic mass is 10.1. The van der Waals surface area contributed by atoms with Gasteiger partial charge < -0.3 is 9.88 Å². The minimum absolute atomic E-state index is 0.111. The smallest absolute Gasteiger partial charge is 0.257 e. The summed E-state index contributed by atoms with van der Waals surface area (Å²) in [6.07, 6.45) is 4.08. The van der Waals surface area contributed by atoms with Crippen LogP contribution in [0.3, 0.4) is 0 Å². The molecule has 0 aliphatic rings. The van der Waals surface area contributed by atoms with Crippen LogP contribution in [0.2, 0.25) is 0 Å². The second-order valence-corrected chi connectivity index (χ2v) is 5.55. The Morgan fingerprint density at radius 1 is 1.17 bits per heavy atom. The number of carbonyl (C=O) groups excluding carboxylic acids is 1. The molecule has 2 aromatic heterocycles. The predicted octanol–water partition coefficient (Wildman–Crippen LogP) is 4.15. The van der Waals surface area contributed by atoms with Crippen LogP contribution >= 0.6 is 0 Å². The van der Waals surface area contributed by atoms with Crippen LogP contribution in [0.25, 0.3) is 10.9 Å². The highest BCUT2D eigenvalue weighted by Crippen LogP contribution is 2.26. The average molecular weight is 315 g/mol. The van der Waals surface area contributed by atoms with E-state index in [2.05, 4.69) is 10.3 Å². The van der Waals surface area contributed by atoms with Crippen LogP contribution in [0.1, 0.15) is 30.2 Å². The first-order valence-electron chi connectivity index (χ1n) is 7.17. The Balaban J connectivity index is 2.04. The zero-order valence-electron chi connectivity index (χ0n) is 12.7. The Morgan fingerprint density at radius 2 is 1.96 bits per heavy atom. The molecule has 0 atom stereocenters. The van der Waals surface area contributed by atoms with Gasteiger partial charge in [0.25, 0.3) is 5.91 Å². The molecule has 2 heterocycles. The average Bonchev–Trinajstić information content (AvgIpc) is 2.86. The fourth-order valence-electron chi connectivity index (χ4n) is 2.51. The second kappa shape index (κ2) is 5.79. The highest BCUT2D eigenvalue weighted by Gasteiger charge is 2.17. The molecule has 1 aromatic carbocycles. The molecule has 6 heteroatoms. The number of carbonyl (C=O) groups is 1. The lowest BCUT2D eigenvalue weighted by molar-refractivity contribution is 0.102. The lowest BCUT2D eigenvalue weighted by Crippen LogP contribution is -2.12. The van der Waals surface area contributed by atoms with E-state index in [0.717, 1.165) is 11.7 Å². The molecule has 0 fully saturated rings. The highest BCUT2D eigenvalue weighted by molar-refractivity contribution is 6.13. The quantitative estimate of drug-likeness (QED) is 0.789. The van der Waals surface area contributed by atoms with Gasteiger partial charge in [0.1, 0.15) is 11.6 Å². The Hall–Kier alpha value is -2.76. The molecule has 1 amide bonds. The summed E-state index contributed by atoms with van der Waals surface area (Å²) < 4.78 is 28.6. The van der Waals surface area contributed by atoms with Crippen molar-refractivity contribution in [2.45, 2.75) is 19.9 Å². The first-order chi connectivity index (χ1) is 11.0. The number of nitrogens with zero attached hydrogens (tertiary/aromatic N) is 2. The number of amides is 1. The van der Waals surface area contributed by atoms with Crippen LogP contribution in [0.4, 0.5) is 14.5 Å². The third-order valence-electron chi connectivity index (χ3n) is 3.56. The fourth-order valence-corrected chi connectivity index (χ4v) is 2.51. The Labute approximate surface area is 131 Å². The van der Waals surface area contributed by atoms with E-state index >= 15 is 0 Å². The molecular weight excluding hydrogens is 300 g/mol. The maximum Gasteiger partial charge on any atom is 0.257 e. The van der Waals surface area contributed by atoms with E-state index in [1.165, 1.54) is 24.4 Å². The molecule has 0 unspecified atom stereocenters. The third-order valence-corrected chi connectivity index (χ3v) is 3.56. The molecule has 0 bridgehead atoms. The molecule has 1 N–H and O–H groups in total. The van der Waals surface area contributed by atoms with Crippen LogP contribution in [0, 0.1) is 11.6 Å². The summed E-state index contributed by atoms with van der Waals surface area (Å²) in [6.45, 7) is 3.95. The summed E-state index contributed by atoms with van der Waals surface area (Å²) in [5.41, 5.74) is 1.35. The van der Waals surface area contributed by atoms with Crippen molar-refractivity contribution < 1.29 is 13.6 Å². The maximum atomic E-state index is 13.6. The van der Waals surface area contributed by atoms with Gasteiger partial charge in [-0.1, -0.05) is 0 Å². The number of aromatic nitrogens is 2. The second-order valence-electron chi connectivity index (χ2n) is 5.55. The molecule has 23 heavy (non-hydrogen) atoms. The van der Waals surface area contributed by atoms with Gasteiger partial charge in [-0.25, -0.2) is 8.78 Å². The Bertz CT molecular complexity index is 887. The summed E-state index contributed by atoms with van der Waals surface area (Å²) in [6, 6.07) is 5.62. The predicted molar refractivity (Wildman–Crippen MR) is 84.4 cm³/mol. The molecule has 0 saturated heterocycles. The van der Waals surface area contributed by atoms with E-state index in [4.69, 9.17) is 0 Å². The number of hydrogen-bond acceptors (Lipinski definition) is 2. The SMILES string of the molecule is CC(C)n1cc(C(=O)Nc2cncc(F)c2)c2cc(F)ccc21. The van der Waals surface area contributed by atoms with E-state index in [0.29, 0.717) is 10.9 Å². The van der Waals surface area contributed by atoms with Crippen molar-refractivity contribution in [1.29, 1.82) is 0 Å². The summed E-state index contributed by atoms with van der Waals surface area (Å²) >= 11 is 0. The number of rotatable bonds is 3. The van der Waals surface area contributed by atoms with E-state index in [1.807, 2.05) is 18.4 Å². The van der Waals surface area contributed by atoms with Crippen LogP contribution in [0.15, 0.2) is 42.9 Å². The Kier molecular flexibility index (Phi) is 3.82. The van der Waals surface area contributed by atoms with Crippen molar-refractivity contribution in [3.05, 3.63) is 60.1 Å². The van der Waals surface area contributed by atoms with Gasteiger partial charge in [0.2, 0.25) is 0 Å². The number of halogens is 2.